The monoisotopic (exact) mass is 527 g/mol. The number of carboxylic acid groups (broad SMARTS) is 1. The number of rotatable bonds is 7. The van der Waals surface area contributed by atoms with E-state index in [1.807, 2.05) is 71.6 Å². The molecule has 0 bridgehead atoms. The topological polar surface area (TPSA) is 132 Å². The van der Waals surface area contributed by atoms with Gasteiger partial charge in [-0.3, -0.25) is 4.79 Å². The lowest BCUT2D eigenvalue weighted by Crippen LogP contribution is -2.20. The number of methoxy groups -OCH3 is 1. The number of aryl methyl sites for hydroxylation is 1. The standard InChI is InChI=1S/C28H25N5O4S/c1-33-21-8-4-3-6-17(21)12-22(33)27(34)32-20-10-9-16(13-23(20)37-2)19-15-38-25-18(7-5-11-30-28(35)36)14-31-26(29)24(19)25/h3-10,12-15,30H,11H2,1-2H3,(H2,29,31)(H,32,34)(H,35,36)/b7-5+. The van der Waals surface area contributed by atoms with Gasteiger partial charge in [-0.25, -0.2) is 9.78 Å². The number of amides is 2. The quantitative estimate of drug-likeness (QED) is 0.219. The molecule has 192 valence electrons. The zero-order valence-electron chi connectivity index (χ0n) is 20.7. The molecule has 2 amide bonds. The number of nitrogen functional groups attached to an aromatic ring is 1. The molecule has 0 aliphatic rings. The van der Waals surface area contributed by atoms with Gasteiger partial charge in [0.05, 0.1) is 12.8 Å². The van der Waals surface area contributed by atoms with Crippen LogP contribution in [0.5, 0.6) is 5.75 Å². The van der Waals surface area contributed by atoms with Crippen LogP contribution in [0.2, 0.25) is 0 Å². The highest BCUT2D eigenvalue weighted by Gasteiger charge is 2.18. The molecule has 0 saturated carbocycles. The molecule has 0 atom stereocenters. The first-order chi connectivity index (χ1) is 18.4. The van der Waals surface area contributed by atoms with Crippen molar-refractivity contribution in [2.24, 2.45) is 7.05 Å². The minimum Gasteiger partial charge on any atom is -0.495 e. The molecule has 10 heteroatoms. The van der Waals surface area contributed by atoms with E-state index in [-0.39, 0.29) is 12.5 Å². The highest BCUT2D eigenvalue weighted by Crippen LogP contribution is 2.41. The summed E-state index contributed by atoms with van der Waals surface area (Å²) in [5, 5.41) is 17.8. The van der Waals surface area contributed by atoms with E-state index in [9.17, 15) is 9.59 Å². The van der Waals surface area contributed by atoms with E-state index in [0.717, 1.165) is 37.7 Å². The van der Waals surface area contributed by atoms with E-state index in [2.05, 4.69) is 15.6 Å². The van der Waals surface area contributed by atoms with Crippen LogP contribution in [-0.2, 0) is 7.05 Å². The number of carbonyl (C=O) groups is 2. The van der Waals surface area contributed by atoms with Gasteiger partial charge < -0.3 is 30.8 Å². The third-order valence-electron chi connectivity index (χ3n) is 6.27. The summed E-state index contributed by atoms with van der Waals surface area (Å²) in [7, 11) is 3.42. The summed E-state index contributed by atoms with van der Waals surface area (Å²) in [4.78, 5) is 28.2. The molecular formula is C28H25N5O4S. The fourth-order valence-electron chi connectivity index (χ4n) is 4.41. The second-order valence-corrected chi connectivity index (χ2v) is 9.44. The Morgan fingerprint density at radius 2 is 2.03 bits per heavy atom. The van der Waals surface area contributed by atoms with Crippen LogP contribution in [0.15, 0.2) is 66.2 Å². The van der Waals surface area contributed by atoms with Crippen molar-refractivity contribution in [2.75, 3.05) is 24.7 Å². The molecule has 9 nitrogen and oxygen atoms in total. The Balaban J connectivity index is 1.45. The van der Waals surface area contributed by atoms with E-state index in [4.69, 9.17) is 15.6 Å². The third kappa shape index (κ3) is 4.64. The molecule has 5 aromatic rings. The van der Waals surface area contributed by atoms with E-state index in [1.165, 1.54) is 11.3 Å². The molecular weight excluding hydrogens is 502 g/mol. The maximum atomic E-state index is 13.1. The van der Waals surface area contributed by atoms with Gasteiger partial charge in [0, 0.05) is 51.9 Å². The average molecular weight is 528 g/mol. The Labute approximate surface area is 222 Å². The molecule has 0 aliphatic heterocycles. The fraction of sp³-hybridized carbons (Fsp3) is 0.107. The van der Waals surface area contributed by atoms with Gasteiger partial charge in [0.25, 0.3) is 5.91 Å². The first-order valence-electron chi connectivity index (χ1n) is 11.7. The highest BCUT2D eigenvalue weighted by atomic mass is 32.1. The molecule has 0 radical (unpaired) electrons. The van der Waals surface area contributed by atoms with Gasteiger partial charge in [0.15, 0.2) is 0 Å². The van der Waals surface area contributed by atoms with Crippen molar-refractivity contribution >= 4 is 61.9 Å². The molecule has 0 spiro atoms. The largest absolute Gasteiger partial charge is 0.495 e. The summed E-state index contributed by atoms with van der Waals surface area (Å²) >= 11 is 1.52. The number of para-hydroxylation sites is 1. The molecule has 5 rings (SSSR count). The van der Waals surface area contributed by atoms with Gasteiger partial charge in [0.1, 0.15) is 17.3 Å². The normalized spacial score (nSPS) is 11.3. The lowest BCUT2D eigenvalue weighted by atomic mass is 10.0. The van der Waals surface area contributed by atoms with Crippen LogP contribution in [-0.4, -0.2) is 40.3 Å². The summed E-state index contributed by atoms with van der Waals surface area (Å²) in [6.07, 6.45) is 4.12. The Kier molecular flexibility index (Phi) is 6.71. The second kappa shape index (κ2) is 10.3. The van der Waals surface area contributed by atoms with Crippen LogP contribution in [0, 0.1) is 0 Å². The number of ether oxygens (including phenoxy) is 1. The number of nitrogens with zero attached hydrogens (tertiary/aromatic N) is 2. The lowest BCUT2D eigenvalue weighted by molar-refractivity contribution is 0.101. The van der Waals surface area contributed by atoms with Gasteiger partial charge in [-0.05, 0) is 35.2 Å². The average Bonchev–Trinajstić information content (AvgIpc) is 3.51. The predicted molar refractivity (Wildman–Crippen MR) is 152 cm³/mol. The number of nitrogens with one attached hydrogen (secondary N) is 2. The summed E-state index contributed by atoms with van der Waals surface area (Å²) < 4.78 is 8.43. The van der Waals surface area contributed by atoms with E-state index in [1.54, 1.807) is 19.4 Å². The van der Waals surface area contributed by atoms with E-state index < -0.39 is 6.09 Å². The first-order valence-corrected chi connectivity index (χ1v) is 12.6. The van der Waals surface area contributed by atoms with Crippen molar-refractivity contribution in [3.8, 4) is 16.9 Å². The minimum atomic E-state index is -1.08. The van der Waals surface area contributed by atoms with Crippen LogP contribution < -0.4 is 21.1 Å². The summed E-state index contributed by atoms with van der Waals surface area (Å²) in [5.41, 5.74) is 10.9. The number of pyridine rings is 1. The zero-order chi connectivity index (χ0) is 26.8. The Hall–Kier alpha value is -4.83. The number of aromatic nitrogens is 2. The van der Waals surface area contributed by atoms with Crippen molar-refractivity contribution in [3.63, 3.8) is 0 Å². The van der Waals surface area contributed by atoms with Gasteiger partial charge in [0.2, 0.25) is 0 Å². The van der Waals surface area contributed by atoms with Crippen LogP contribution in [0.25, 0.3) is 38.2 Å². The van der Waals surface area contributed by atoms with Gasteiger partial charge in [-0.2, -0.15) is 0 Å². The molecule has 3 aromatic heterocycles. The lowest BCUT2D eigenvalue weighted by Gasteiger charge is -2.13. The Morgan fingerprint density at radius 3 is 2.79 bits per heavy atom. The number of nitrogens with two attached hydrogens (primary N) is 1. The SMILES string of the molecule is COc1cc(-c2csc3c(/C=C/CNC(=O)O)cnc(N)c23)ccc1NC(=O)c1cc2ccccc2n1C. The summed E-state index contributed by atoms with van der Waals surface area (Å²) in [5.74, 6) is 0.665. The van der Waals surface area contributed by atoms with Crippen molar-refractivity contribution < 1.29 is 19.4 Å². The number of benzene rings is 2. The van der Waals surface area contributed by atoms with Crippen molar-refractivity contribution in [1.82, 2.24) is 14.9 Å². The number of hydrogen-bond donors (Lipinski definition) is 4. The molecule has 0 fully saturated rings. The molecule has 2 aromatic carbocycles. The molecule has 38 heavy (non-hydrogen) atoms. The van der Waals surface area contributed by atoms with Crippen LogP contribution in [0.3, 0.4) is 0 Å². The number of hydrogen-bond acceptors (Lipinski definition) is 6. The van der Waals surface area contributed by atoms with E-state index >= 15 is 0 Å². The predicted octanol–water partition coefficient (Wildman–Crippen LogP) is 5.58. The Bertz CT molecular complexity index is 1720. The summed E-state index contributed by atoms with van der Waals surface area (Å²) in [6, 6.07) is 15.3. The van der Waals surface area contributed by atoms with Gasteiger partial charge in [-0.1, -0.05) is 36.4 Å². The van der Waals surface area contributed by atoms with Crippen LogP contribution in [0.4, 0.5) is 16.3 Å². The van der Waals surface area contributed by atoms with Crippen molar-refractivity contribution in [2.45, 2.75) is 0 Å². The number of carbonyl (C=O) groups excluding carboxylic acids is 1. The number of anilines is 2. The molecule has 3 heterocycles. The third-order valence-corrected chi connectivity index (χ3v) is 7.29. The van der Waals surface area contributed by atoms with E-state index in [0.29, 0.717) is 22.9 Å². The molecule has 0 aliphatic carbocycles. The van der Waals surface area contributed by atoms with Gasteiger partial charge >= 0.3 is 6.09 Å². The minimum absolute atomic E-state index is 0.183. The zero-order valence-corrected chi connectivity index (χ0v) is 21.5. The first kappa shape index (κ1) is 24.8. The van der Waals surface area contributed by atoms with Crippen LogP contribution in [0.1, 0.15) is 16.1 Å². The molecule has 0 unspecified atom stereocenters. The molecule has 5 N–H and O–H groups in total. The number of thiophene rings is 1. The highest BCUT2D eigenvalue weighted by molar-refractivity contribution is 7.18. The maximum Gasteiger partial charge on any atom is 0.404 e. The van der Waals surface area contributed by atoms with Crippen molar-refractivity contribution in [1.29, 1.82) is 0 Å². The smallest absolute Gasteiger partial charge is 0.404 e. The molecule has 0 saturated heterocycles. The van der Waals surface area contributed by atoms with Gasteiger partial charge in [-0.15, -0.1) is 11.3 Å². The van der Waals surface area contributed by atoms with Crippen molar-refractivity contribution in [3.05, 3.63) is 77.4 Å². The number of fused-ring (bicyclic) bond motifs is 2. The second-order valence-electron chi connectivity index (χ2n) is 8.56. The van der Waals surface area contributed by atoms with Crippen LogP contribution >= 0.6 is 11.3 Å². The Morgan fingerprint density at radius 1 is 1.21 bits per heavy atom. The summed E-state index contributed by atoms with van der Waals surface area (Å²) in [6.45, 7) is 0.183. The fourth-order valence-corrected chi connectivity index (χ4v) is 5.48. The maximum absolute atomic E-state index is 13.1.